The summed E-state index contributed by atoms with van der Waals surface area (Å²) in [5.74, 6) is 1.67. The highest BCUT2D eigenvalue weighted by Crippen LogP contribution is 2.36. The van der Waals surface area contributed by atoms with Crippen LogP contribution in [-0.4, -0.2) is 24.5 Å². The average molecular weight is 387 g/mol. The lowest BCUT2D eigenvalue weighted by molar-refractivity contribution is -0.121. The van der Waals surface area contributed by atoms with Crippen molar-refractivity contribution in [2.75, 3.05) is 18.7 Å². The van der Waals surface area contributed by atoms with Gasteiger partial charge in [-0.25, -0.2) is 0 Å². The van der Waals surface area contributed by atoms with Gasteiger partial charge >= 0.3 is 0 Å². The molecule has 1 aromatic heterocycles. The lowest BCUT2D eigenvalue weighted by atomic mass is 10.1. The summed E-state index contributed by atoms with van der Waals surface area (Å²) in [5, 5.41) is 7.21. The van der Waals surface area contributed by atoms with Crippen LogP contribution in [0.4, 0.5) is 5.69 Å². The van der Waals surface area contributed by atoms with Crippen LogP contribution in [0.2, 0.25) is 5.02 Å². The van der Waals surface area contributed by atoms with Crippen LogP contribution >= 0.6 is 11.6 Å². The second kappa shape index (κ2) is 7.69. The smallest absolute Gasteiger partial charge is 0.250 e. The number of hydrogen-bond acceptors (Lipinski definition) is 6. The van der Waals surface area contributed by atoms with E-state index < -0.39 is 0 Å². The minimum absolute atomic E-state index is 0.112. The molecule has 0 aliphatic carbocycles. The standard InChI is InChI=1S/C19H15ClN2O5/c20-13-2-1-3-14(7-13)21-19(23)10-24-9-15-8-17(27-22-15)12-4-5-16-18(6-12)26-11-25-16/h1-8H,9-11H2,(H,21,23). The van der Waals surface area contributed by atoms with E-state index in [1.807, 2.05) is 18.2 Å². The SMILES string of the molecule is O=C(COCc1cc(-c2ccc3c(c2)OCO3)on1)Nc1cccc(Cl)c1. The zero-order chi connectivity index (χ0) is 18.6. The van der Waals surface area contributed by atoms with Crippen LogP contribution in [0.3, 0.4) is 0 Å². The lowest BCUT2D eigenvalue weighted by Crippen LogP contribution is -2.18. The first-order valence-electron chi connectivity index (χ1n) is 8.16. The normalized spacial score (nSPS) is 12.2. The van der Waals surface area contributed by atoms with Crippen molar-refractivity contribution in [3.8, 4) is 22.8 Å². The van der Waals surface area contributed by atoms with Gasteiger partial charge in [0.1, 0.15) is 12.3 Å². The summed E-state index contributed by atoms with van der Waals surface area (Å²) in [6, 6.07) is 14.2. The number of fused-ring (bicyclic) bond motifs is 1. The molecule has 7 nitrogen and oxygen atoms in total. The predicted octanol–water partition coefficient (Wildman–Crippen LogP) is 3.88. The van der Waals surface area contributed by atoms with E-state index >= 15 is 0 Å². The van der Waals surface area contributed by atoms with E-state index in [-0.39, 0.29) is 25.9 Å². The molecular weight excluding hydrogens is 372 g/mol. The van der Waals surface area contributed by atoms with Gasteiger partial charge in [-0.1, -0.05) is 22.8 Å². The first kappa shape index (κ1) is 17.4. The van der Waals surface area contributed by atoms with Crippen molar-refractivity contribution < 1.29 is 23.5 Å². The Balaban J connectivity index is 1.30. The Morgan fingerprint density at radius 3 is 2.93 bits per heavy atom. The Morgan fingerprint density at radius 2 is 2.04 bits per heavy atom. The van der Waals surface area contributed by atoms with E-state index in [0.717, 1.165) is 5.56 Å². The van der Waals surface area contributed by atoms with Crippen molar-refractivity contribution in [3.05, 3.63) is 59.2 Å². The largest absolute Gasteiger partial charge is 0.454 e. The van der Waals surface area contributed by atoms with Crippen LogP contribution in [-0.2, 0) is 16.1 Å². The fourth-order valence-electron chi connectivity index (χ4n) is 2.58. The summed E-state index contributed by atoms with van der Waals surface area (Å²) in [6.45, 7) is 0.251. The number of amides is 1. The van der Waals surface area contributed by atoms with Crippen LogP contribution in [0.25, 0.3) is 11.3 Å². The first-order chi connectivity index (χ1) is 13.2. The number of nitrogens with one attached hydrogen (secondary N) is 1. The van der Waals surface area contributed by atoms with E-state index in [1.165, 1.54) is 0 Å². The second-order valence-electron chi connectivity index (χ2n) is 5.80. The number of carbonyl (C=O) groups is 1. The van der Waals surface area contributed by atoms with Gasteiger partial charge in [-0.2, -0.15) is 0 Å². The number of halogens is 1. The predicted molar refractivity (Wildman–Crippen MR) is 97.8 cm³/mol. The Hall–Kier alpha value is -3.03. The van der Waals surface area contributed by atoms with Crippen molar-refractivity contribution in [1.29, 1.82) is 0 Å². The molecule has 2 heterocycles. The molecule has 4 rings (SSSR count). The van der Waals surface area contributed by atoms with Gasteiger partial charge in [0.25, 0.3) is 0 Å². The Bertz CT molecular complexity index is 972. The molecule has 3 aromatic rings. The molecule has 2 aromatic carbocycles. The average Bonchev–Trinajstić information content (AvgIpc) is 3.30. The van der Waals surface area contributed by atoms with Crippen LogP contribution in [0.1, 0.15) is 5.69 Å². The van der Waals surface area contributed by atoms with Crippen LogP contribution in [0.15, 0.2) is 53.1 Å². The Labute approximate surface area is 159 Å². The van der Waals surface area contributed by atoms with Crippen LogP contribution in [0, 0.1) is 0 Å². The van der Waals surface area contributed by atoms with Gasteiger partial charge in [0.2, 0.25) is 12.7 Å². The van der Waals surface area contributed by atoms with Gasteiger partial charge < -0.3 is 24.1 Å². The molecule has 1 aliphatic heterocycles. The molecule has 0 saturated heterocycles. The number of anilines is 1. The maximum atomic E-state index is 11.9. The number of hydrogen-bond donors (Lipinski definition) is 1. The third-order valence-electron chi connectivity index (χ3n) is 3.81. The number of rotatable bonds is 6. The molecule has 0 spiro atoms. The van der Waals surface area contributed by atoms with Crippen molar-refractivity contribution in [2.45, 2.75) is 6.61 Å². The molecule has 1 N–H and O–H groups in total. The molecule has 0 unspecified atom stereocenters. The topological polar surface area (TPSA) is 82.8 Å². The molecule has 0 fully saturated rings. The minimum Gasteiger partial charge on any atom is -0.454 e. The van der Waals surface area contributed by atoms with Gasteiger partial charge in [0, 0.05) is 22.3 Å². The second-order valence-corrected chi connectivity index (χ2v) is 6.24. The minimum atomic E-state index is -0.281. The summed E-state index contributed by atoms with van der Waals surface area (Å²) in [5.41, 5.74) is 2.01. The van der Waals surface area contributed by atoms with E-state index in [0.29, 0.717) is 33.7 Å². The summed E-state index contributed by atoms with van der Waals surface area (Å²) in [4.78, 5) is 11.9. The van der Waals surface area contributed by atoms with E-state index in [4.69, 9.17) is 30.3 Å². The zero-order valence-electron chi connectivity index (χ0n) is 14.1. The first-order valence-corrected chi connectivity index (χ1v) is 8.54. The van der Waals surface area contributed by atoms with Crippen molar-refractivity contribution in [3.63, 3.8) is 0 Å². The number of aromatic nitrogens is 1. The maximum absolute atomic E-state index is 11.9. The summed E-state index contributed by atoms with van der Waals surface area (Å²) >= 11 is 5.88. The fraction of sp³-hybridized carbons (Fsp3) is 0.158. The third-order valence-corrected chi connectivity index (χ3v) is 4.04. The zero-order valence-corrected chi connectivity index (χ0v) is 14.9. The van der Waals surface area contributed by atoms with E-state index in [9.17, 15) is 4.79 Å². The molecule has 8 heteroatoms. The summed E-state index contributed by atoms with van der Waals surface area (Å²) in [7, 11) is 0. The number of carbonyl (C=O) groups excluding carboxylic acids is 1. The van der Waals surface area contributed by atoms with Crippen molar-refractivity contribution in [1.82, 2.24) is 5.16 Å². The highest BCUT2D eigenvalue weighted by Gasteiger charge is 2.16. The van der Waals surface area contributed by atoms with Gasteiger partial charge in [-0.05, 0) is 36.4 Å². The quantitative estimate of drug-likeness (QED) is 0.692. The fourth-order valence-corrected chi connectivity index (χ4v) is 2.77. The molecular formula is C19H15ClN2O5. The summed E-state index contributed by atoms with van der Waals surface area (Å²) in [6.07, 6.45) is 0. The van der Waals surface area contributed by atoms with Crippen molar-refractivity contribution >= 4 is 23.2 Å². The molecule has 0 atom stereocenters. The monoisotopic (exact) mass is 386 g/mol. The number of benzene rings is 2. The lowest BCUT2D eigenvalue weighted by Gasteiger charge is -2.05. The van der Waals surface area contributed by atoms with Crippen LogP contribution in [0.5, 0.6) is 11.5 Å². The number of nitrogens with zero attached hydrogens (tertiary/aromatic N) is 1. The van der Waals surface area contributed by atoms with Gasteiger partial charge in [0.15, 0.2) is 17.3 Å². The van der Waals surface area contributed by atoms with E-state index in [2.05, 4.69) is 10.5 Å². The van der Waals surface area contributed by atoms with Gasteiger partial charge in [0.05, 0.1) is 6.61 Å². The molecule has 1 amide bonds. The number of ether oxygens (including phenoxy) is 3. The third kappa shape index (κ3) is 4.21. The molecule has 0 bridgehead atoms. The molecule has 1 aliphatic rings. The maximum Gasteiger partial charge on any atom is 0.250 e. The van der Waals surface area contributed by atoms with E-state index in [1.54, 1.807) is 30.3 Å². The summed E-state index contributed by atoms with van der Waals surface area (Å²) < 4.78 is 21.4. The van der Waals surface area contributed by atoms with Gasteiger partial charge in [-0.3, -0.25) is 4.79 Å². The Morgan fingerprint density at radius 1 is 1.15 bits per heavy atom. The molecule has 138 valence electrons. The highest BCUT2D eigenvalue weighted by molar-refractivity contribution is 6.30. The Kier molecular flexibility index (Phi) is 4.95. The van der Waals surface area contributed by atoms with Crippen molar-refractivity contribution in [2.24, 2.45) is 0 Å². The molecule has 27 heavy (non-hydrogen) atoms. The van der Waals surface area contributed by atoms with Gasteiger partial charge in [-0.15, -0.1) is 0 Å². The molecule has 0 radical (unpaired) electrons. The van der Waals surface area contributed by atoms with Crippen LogP contribution < -0.4 is 14.8 Å². The highest BCUT2D eigenvalue weighted by atomic mass is 35.5. The molecule has 0 saturated carbocycles.